The predicted molar refractivity (Wildman–Crippen MR) is 123 cm³/mol. The van der Waals surface area contributed by atoms with E-state index < -0.39 is 17.8 Å². The number of fused-ring (bicyclic) bond motifs is 1. The average Bonchev–Trinajstić information content (AvgIpc) is 3.43. The van der Waals surface area contributed by atoms with E-state index in [0.29, 0.717) is 12.3 Å². The second-order valence-corrected chi connectivity index (χ2v) is 8.01. The zero-order valence-electron chi connectivity index (χ0n) is 17.9. The van der Waals surface area contributed by atoms with Crippen molar-refractivity contribution >= 4 is 34.8 Å². The minimum Gasteiger partial charge on any atom is -0.467 e. The molecule has 1 aliphatic heterocycles. The maximum Gasteiger partial charge on any atom is 0.331 e. The second kappa shape index (κ2) is 8.27. The molecule has 0 radical (unpaired) electrons. The largest absolute Gasteiger partial charge is 0.467 e. The number of furan rings is 1. The first-order chi connectivity index (χ1) is 16.0. The molecule has 164 valence electrons. The molecular weight excluding hydrogens is 418 g/mol. The summed E-state index contributed by atoms with van der Waals surface area (Å²) in [5.74, 6) is -0.922. The number of amides is 4. The van der Waals surface area contributed by atoms with E-state index in [-0.39, 0.29) is 12.1 Å². The Kier molecular flexibility index (Phi) is 5.14. The molecule has 7 heteroatoms. The van der Waals surface area contributed by atoms with Crippen LogP contribution in [0.3, 0.4) is 0 Å². The number of aryl methyl sites for hydroxylation is 1. The van der Waals surface area contributed by atoms with E-state index in [1.807, 2.05) is 36.5 Å². The number of benzene rings is 2. The molecule has 1 N–H and O–H groups in total. The van der Waals surface area contributed by atoms with Gasteiger partial charge < -0.3 is 8.98 Å². The Hall–Kier alpha value is -4.39. The molecule has 1 fully saturated rings. The van der Waals surface area contributed by atoms with Crippen LogP contribution in [0.4, 0.5) is 4.79 Å². The number of hydrogen-bond acceptors (Lipinski definition) is 4. The number of aromatic nitrogens is 1. The van der Waals surface area contributed by atoms with Crippen molar-refractivity contribution in [3.63, 3.8) is 0 Å². The van der Waals surface area contributed by atoms with Gasteiger partial charge in [0.25, 0.3) is 11.8 Å². The molecule has 0 unspecified atom stereocenters. The highest BCUT2D eigenvalue weighted by atomic mass is 16.3. The fraction of sp³-hybridized carbons (Fsp3) is 0.115. The van der Waals surface area contributed by atoms with Gasteiger partial charge in [0.15, 0.2) is 0 Å². The number of nitrogens with zero attached hydrogens (tertiary/aromatic N) is 2. The van der Waals surface area contributed by atoms with Gasteiger partial charge in [0, 0.05) is 29.2 Å². The van der Waals surface area contributed by atoms with Gasteiger partial charge in [-0.1, -0.05) is 48.0 Å². The third kappa shape index (κ3) is 3.96. The summed E-state index contributed by atoms with van der Waals surface area (Å²) in [6.07, 6.45) is 4.94. The maximum absolute atomic E-state index is 13.1. The van der Waals surface area contributed by atoms with E-state index in [9.17, 15) is 14.4 Å². The lowest BCUT2D eigenvalue weighted by atomic mass is 10.1. The van der Waals surface area contributed by atoms with Gasteiger partial charge in [-0.2, -0.15) is 0 Å². The van der Waals surface area contributed by atoms with Crippen LogP contribution in [0.1, 0.15) is 22.5 Å². The second-order valence-electron chi connectivity index (χ2n) is 8.01. The average molecular weight is 439 g/mol. The Balaban J connectivity index is 1.53. The number of barbiturate groups is 1. The lowest BCUT2D eigenvalue weighted by Crippen LogP contribution is -2.53. The van der Waals surface area contributed by atoms with E-state index in [0.717, 1.165) is 26.9 Å². The van der Waals surface area contributed by atoms with Crippen LogP contribution in [0.2, 0.25) is 0 Å². The van der Waals surface area contributed by atoms with Gasteiger partial charge in [0.1, 0.15) is 11.3 Å². The first-order valence-corrected chi connectivity index (χ1v) is 10.5. The summed E-state index contributed by atoms with van der Waals surface area (Å²) in [6, 6.07) is 18.7. The first kappa shape index (κ1) is 20.5. The molecule has 2 aromatic carbocycles. The summed E-state index contributed by atoms with van der Waals surface area (Å²) >= 11 is 0. The number of para-hydroxylation sites is 1. The fourth-order valence-corrected chi connectivity index (χ4v) is 4.08. The van der Waals surface area contributed by atoms with E-state index in [1.165, 1.54) is 11.8 Å². The maximum atomic E-state index is 13.1. The van der Waals surface area contributed by atoms with E-state index in [4.69, 9.17) is 4.42 Å². The summed E-state index contributed by atoms with van der Waals surface area (Å²) in [5, 5.41) is 3.16. The predicted octanol–water partition coefficient (Wildman–Crippen LogP) is 4.25. The summed E-state index contributed by atoms with van der Waals surface area (Å²) in [6.45, 7) is 2.64. The molecule has 4 amide bonds. The van der Waals surface area contributed by atoms with Gasteiger partial charge in [-0.05, 0) is 36.8 Å². The highest BCUT2D eigenvalue weighted by Gasteiger charge is 2.36. The summed E-state index contributed by atoms with van der Waals surface area (Å²) in [4.78, 5) is 38.9. The molecular formula is C26H21N3O4. The van der Waals surface area contributed by atoms with Crippen molar-refractivity contribution in [2.45, 2.75) is 20.0 Å². The lowest BCUT2D eigenvalue weighted by Gasteiger charge is -2.25. The number of rotatable bonds is 5. The smallest absolute Gasteiger partial charge is 0.331 e. The van der Waals surface area contributed by atoms with E-state index in [1.54, 1.807) is 18.2 Å². The van der Waals surface area contributed by atoms with Crippen LogP contribution in [-0.4, -0.2) is 27.3 Å². The normalized spacial score (nSPS) is 15.5. The molecule has 3 heterocycles. The molecule has 7 nitrogen and oxygen atoms in total. The molecule has 1 aliphatic rings. The molecule has 0 saturated carbocycles. The van der Waals surface area contributed by atoms with Gasteiger partial charge in [0.2, 0.25) is 0 Å². The standard InChI is InChI=1S/C26H21N3O4/c1-17-6-4-7-18(12-17)14-28-15-19(21-9-2-3-10-23(21)28)13-22-24(30)27-26(32)29(25(22)31)16-20-8-5-11-33-20/h2-13,15H,14,16H2,1H3,(H,27,30,32)/b22-13+. The van der Waals surface area contributed by atoms with Crippen molar-refractivity contribution in [3.8, 4) is 0 Å². The number of urea groups is 1. The number of carbonyl (C=O) groups excluding carboxylic acids is 3. The molecule has 0 aliphatic carbocycles. The fourth-order valence-electron chi connectivity index (χ4n) is 4.08. The van der Waals surface area contributed by atoms with Crippen LogP contribution in [0.5, 0.6) is 0 Å². The summed E-state index contributed by atoms with van der Waals surface area (Å²) in [7, 11) is 0. The first-order valence-electron chi connectivity index (χ1n) is 10.5. The Bertz CT molecular complexity index is 1410. The van der Waals surface area contributed by atoms with Crippen molar-refractivity contribution in [2.24, 2.45) is 0 Å². The highest BCUT2D eigenvalue weighted by molar-refractivity contribution is 6.31. The zero-order chi connectivity index (χ0) is 22.9. The topological polar surface area (TPSA) is 84.6 Å². The van der Waals surface area contributed by atoms with Crippen LogP contribution in [-0.2, 0) is 22.7 Å². The summed E-state index contributed by atoms with van der Waals surface area (Å²) < 4.78 is 7.35. The number of nitrogens with one attached hydrogen (secondary N) is 1. The van der Waals surface area contributed by atoms with Crippen LogP contribution in [0, 0.1) is 6.92 Å². The number of imide groups is 2. The van der Waals surface area contributed by atoms with Crippen molar-refractivity contribution in [1.82, 2.24) is 14.8 Å². The third-order valence-electron chi connectivity index (χ3n) is 5.63. The third-order valence-corrected chi connectivity index (χ3v) is 5.63. The SMILES string of the molecule is Cc1cccc(Cn2cc(/C=C3\C(=O)NC(=O)N(Cc4ccco4)C3=O)c3ccccc32)c1. The van der Waals surface area contributed by atoms with Crippen molar-refractivity contribution in [3.05, 3.63) is 101 Å². The van der Waals surface area contributed by atoms with Crippen LogP contribution >= 0.6 is 0 Å². The van der Waals surface area contributed by atoms with Crippen LogP contribution in [0.25, 0.3) is 17.0 Å². The summed E-state index contributed by atoms with van der Waals surface area (Å²) in [5.41, 5.74) is 3.94. The van der Waals surface area contributed by atoms with E-state index in [2.05, 4.69) is 35.0 Å². The molecule has 5 rings (SSSR count). The minimum atomic E-state index is -0.763. The van der Waals surface area contributed by atoms with Crippen molar-refractivity contribution in [2.75, 3.05) is 0 Å². The quantitative estimate of drug-likeness (QED) is 0.372. The van der Waals surface area contributed by atoms with Gasteiger partial charge >= 0.3 is 6.03 Å². The van der Waals surface area contributed by atoms with Crippen molar-refractivity contribution < 1.29 is 18.8 Å². The molecule has 0 spiro atoms. The van der Waals surface area contributed by atoms with Crippen LogP contribution in [0.15, 0.2) is 83.1 Å². The zero-order valence-corrected chi connectivity index (χ0v) is 17.9. The van der Waals surface area contributed by atoms with E-state index >= 15 is 0 Å². The van der Waals surface area contributed by atoms with Gasteiger partial charge in [-0.25, -0.2) is 4.79 Å². The van der Waals surface area contributed by atoms with Gasteiger partial charge in [-0.15, -0.1) is 0 Å². The highest BCUT2D eigenvalue weighted by Crippen LogP contribution is 2.26. The molecule has 33 heavy (non-hydrogen) atoms. The van der Waals surface area contributed by atoms with Crippen LogP contribution < -0.4 is 5.32 Å². The number of carbonyl (C=O) groups is 3. The lowest BCUT2D eigenvalue weighted by molar-refractivity contribution is -0.130. The van der Waals surface area contributed by atoms with Gasteiger partial charge in [-0.3, -0.25) is 19.8 Å². The Morgan fingerprint density at radius 3 is 2.61 bits per heavy atom. The monoisotopic (exact) mass is 439 g/mol. The minimum absolute atomic E-state index is 0.0581. The Morgan fingerprint density at radius 1 is 0.970 bits per heavy atom. The van der Waals surface area contributed by atoms with Crippen molar-refractivity contribution in [1.29, 1.82) is 0 Å². The molecule has 4 aromatic rings. The van der Waals surface area contributed by atoms with Gasteiger partial charge in [0.05, 0.1) is 12.8 Å². The molecule has 0 atom stereocenters. The Morgan fingerprint density at radius 2 is 1.82 bits per heavy atom. The Labute approximate surface area is 189 Å². The number of hydrogen-bond donors (Lipinski definition) is 1. The molecule has 1 saturated heterocycles. The molecule has 0 bridgehead atoms. The molecule has 2 aromatic heterocycles.